The molecular weight excluding hydrogens is 497 g/mol. The highest BCUT2D eigenvalue weighted by atomic mass is 35.5. The van der Waals surface area contributed by atoms with Gasteiger partial charge in [0.15, 0.2) is 5.69 Å². The molecule has 4 rings (SSSR count). The van der Waals surface area contributed by atoms with Gasteiger partial charge in [-0.25, -0.2) is 9.78 Å². The standard InChI is InChI=1S/C24H21Cl2N3O2S2/c1-12(2)32-23-20(15-9-10-17(25)18(26)11-15)27-24(33-23)29-21(22(30)31)19(14(4)28-29)16-8-6-5-7-13(16)3/h5-12H,1-4H3,(H,30,31). The van der Waals surface area contributed by atoms with Crippen molar-refractivity contribution in [3.63, 3.8) is 0 Å². The lowest BCUT2D eigenvalue weighted by Gasteiger charge is -2.06. The van der Waals surface area contributed by atoms with Crippen molar-refractivity contribution < 1.29 is 9.90 Å². The lowest BCUT2D eigenvalue weighted by atomic mass is 9.99. The van der Waals surface area contributed by atoms with E-state index in [2.05, 4.69) is 18.9 Å². The summed E-state index contributed by atoms with van der Waals surface area (Å²) in [7, 11) is 0. The normalized spacial score (nSPS) is 11.4. The Labute approximate surface area is 210 Å². The number of hydrogen-bond acceptors (Lipinski definition) is 5. The van der Waals surface area contributed by atoms with Crippen LogP contribution in [0.2, 0.25) is 10.0 Å². The molecule has 0 radical (unpaired) electrons. The highest BCUT2D eigenvalue weighted by Gasteiger charge is 2.27. The third-order valence-corrected chi connectivity index (χ3v) is 7.96. The first-order valence-electron chi connectivity index (χ1n) is 10.2. The van der Waals surface area contributed by atoms with Gasteiger partial charge >= 0.3 is 5.97 Å². The lowest BCUT2D eigenvalue weighted by molar-refractivity contribution is 0.0688. The SMILES string of the molecule is Cc1ccccc1-c1c(C)nn(-c2nc(-c3ccc(Cl)c(Cl)c3)c(SC(C)C)s2)c1C(=O)O. The van der Waals surface area contributed by atoms with Crippen molar-refractivity contribution >= 4 is 52.3 Å². The zero-order valence-electron chi connectivity index (χ0n) is 18.4. The molecule has 0 amide bonds. The topological polar surface area (TPSA) is 68.0 Å². The minimum atomic E-state index is -1.06. The summed E-state index contributed by atoms with van der Waals surface area (Å²) in [6, 6.07) is 13.1. The van der Waals surface area contributed by atoms with Crippen LogP contribution in [0.25, 0.3) is 27.5 Å². The Hall–Kier alpha value is -2.32. The van der Waals surface area contributed by atoms with Crippen molar-refractivity contribution in [1.29, 1.82) is 0 Å². The fraction of sp³-hybridized carbons (Fsp3) is 0.208. The van der Waals surface area contributed by atoms with Crippen LogP contribution in [-0.2, 0) is 0 Å². The lowest BCUT2D eigenvalue weighted by Crippen LogP contribution is -2.09. The van der Waals surface area contributed by atoms with Gasteiger partial charge in [-0.2, -0.15) is 9.78 Å². The summed E-state index contributed by atoms with van der Waals surface area (Å²) in [6.07, 6.45) is 0. The molecule has 2 aromatic carbocycles. The van der Waals surface area contributed by atoms with Gasteiger partial charge in [0, 0.05) is 16.4 Å². The van der Waals surface area contributed by atoms with E-state index in [4.69, 9.17) is 28.2 Å². The monoisotopic (exact) mass is 517 g/mol. The maximum atomic E-state index is 12.4. The van der Waals surface area contributed by atoms with Crippen molar-refractivity contribution in [2.45, 2.75) is 37.2 Å². The zero-order valence-corrected chi connectivity index (χ0v) is 21.5. The van der Waals surface area contributed by atoms with E-state index in [9.17, 15) is 9.90 Å². The number of thioether (sulfide) groups is 1. The highest BCUT2D eigenvalue weighted by Crippen LogP contribution is 2.42. The van der Waals surface area contributed by atoms with E-state index in [1.807, 2.05) is 44.2 Å². The van der Waals surface area contributed by atoms with Gasteiger partial charge in [-0.3, -0.25) is 0 Å². The molecule has 0 aliphatic rings. The number of thiazole rings is 1. The summed E-state index contributed by atoms with van der Waals surface area (Å²) in [4.78, 5) is 17.2. The molecule has 170 valence electrons. The highest BCUT2D eigenvalue weighted by molar-refractivity contribution is 8.01. The largest absolute Gasteiger partial charge is 0.476 e. The van der Waals surface area contributed by atoms with Crippen LogP contribution in [-0.4, -0.2) is 31.1 Å². The van der Waals surface area contributed by atoms with Crippen molar-refractivity contribution in [2.24, 2.45) is 0 Å². The minimum Gasteiger partial charge on any atom is -0.476 e. The van der Waals surface area contributed by atoms with E-state index < -0.39 is 5.97 Å². The number of carboxylic acids is 1. The van der Waals surface area contributed by atoms with Gasteiger partial charge in [-0.15, -0.1) is 11.8 Å². The number of benzene rings is 2. The van der Waals surface area contributed by atoms with Crippen molar-refractivity contribution in [3.05, 3.63) is 69.5 Å². The Morgan fingerprint density at radius 1 is 1.12 bits per heavy atom. The molecule has 9 heteroatoms. The molecule has 0 aliphatic carbocycles. The zero-order chi connectivity index (χ0) is 23.9. The second-order valence-electron chi connectivity index (χ2n) is 7.77. The first-order chi connectivity index (χ1) is 15.7. The summed E-state index contributed by atoms with van der Waals surface area (Å²) < 4.78 is 2.40. The molecule has 0 bridgehead atoms. The quantitative estimate of drug-likeness (QED) is 0.264. The second kappa shape index (κ2) is 9.50. The molecule has 2 aromatic heterocycles. The fourth-order valence-corrected chi connectivity index (χ4v) is 6.32. The number of carboxylic acid groups (broad SMARTS) is 1. The minimum absolute atomic E-state index is 0.0948. The molecule has 0 spiro atoms. The number of hydrogen-bond donors (Lipinski definition) is 1. The Bertz CT molecular complexity index is 1360. The number of carbonyl (C=O) groups is 1. The maximum Gasteiger partial charge on any atom is 0.355 e. The number of aromatic carboxylic acids is 1. The van der Waals surface area contributed by atoms with E-state index in [0.717, 1.165) is 26.6 Å². The van der Waals surface area contributed by atoms with Gasteiger partial charge in [0.1, 0.15) is 0 Å². The first-order valence-corrected chi connectivity index (χ1v) is 12.6. The van der Waals surface area contributed by atoms with Gasteiger partial charge in [0.2, 0.25) is 5.13 Å². The Morgan fingerprint density at radius 3 is 2.48 bits per heavy atom. The summed E-state index contributed by atoms with van der Waals surface area (Å²) in [5.74, 6) is -1.06. The molecule has 0 fully saturated rings. The van der Waals surface area contributed by atoms with Crippen molar-refractivity contribution in [3.8, 4) is 27.5 Å². The predicted octanol–water partition coefficient (Wildman–Crippen LogP) is 7.79. The molecule has 33 heavy (non-hydrogen) atoms. The maximum absolute atomic E-state index is 12.4. The molecule has 5 nitrogen and oxygen atoms in total. The molecule has 4 aromatic rings. The molecule has 0 saturated carbocycles. The fourth-order valence-electron chi connectivity index (χ4n) is 3.54. The van der Waals surface area contributed by atoms with Crippen LogP contribution in [0, 0.1) is 13.8 Å². The summed E-state index contributed by atoms with van der Waals surface area (Å²) in [5.41, 5.74) is 4.70. The van der Waals surface area contributed by atoms with E-state index in [0.29, 0.717) is 31.7 Å². The van der Waals surface area contributed by atoms with E-state index in [1.54, 1.807) is 23.9 Å². The number of rotatable bonds is 6. The summed E-state index contributed by atoms with van der Waals surface area (Å²) in [6.45, 7) is 7.97. The van der Waals surface area contributed by atoms with Crippen LogP contribution in [0.1, 0.15) is 35.6 Å². The number of aromatic nitrogens is 3. The third-order valence-electron chi connectivity index (χ3n) is 4.98. The van der Waals surface area contributed by atoms with Crippen LogP contribution >= 0.6 is 46.3 Å². The van der Waals surface area contributed by atoms with Gasteiger partial charge in [-0.1, -0.05) is 78.7 Å². The van der Waals surface area contributed by atoms with Crippen LogP contribution in [0.15, 0.2) is 46.7 Å². The van der Waals surface area contributed by atoms with E-state index >= 15 is 0 Å². The molecule has 1 N–H and O–H groups in total. The molecule has 0 atom stereocenters. The van der Waals surface area contributed by atoms with Crippen LogP contribution in [0.4, 0.5) is 0 Å². The summed E-state index contributed by atoms with van der Waals surface area (Å²) in [5, 5.41) is 16.5. The molecule has 0 saturated heterocycles. The molecule has 0 aliphatic heterocycles. The van der Waals surface area contributed by atoms with Gasteiger partial charge in [0.05, 0.1) is 25.6 Å². The predicted molar refractivity (Wildman–Crippen MR) is 138 cm³/mol. The molecule has 0 unspecified atom stereocenters. The van der Waals surface area contributed by atoms with Gasteiger partial charge in [-0.05, 0) is 37.1 Å². The van der Waals surface area contributed by atoms with E-state index in [-0.39, 0.29) is 5.69 Å². The number of nitrogens with zero attached hydrogens (tertiary/aromatic N) is 3. The van der Waals surface area contributed by atoms with Crippen LogP contribution < -0.4 is 0 Å². The molecule has 2 heterocycles. The first kappa shape index (κ1) is 23.8. The Morgan fingerprint density at radius 2 is 1.85 bits per heavy atom. The summed E-state index contributed by atoms with van der Waals surface area (Å²) >= 11 is 15.4. The van der Waals surface area contributed by atoms with Gasteiger partial charge < -0.3 is 5.11 Å². The second-order valence-corrected chi connectivity index (χ2v) is 11.4. The average Bonchev–Trinajstić information content (AvgIpc) is 3.31. The van der Waals surface area contributed by atoms with Crippen molar-refractivity contribution in [2.75, 3.05) is 0 Å². The average molecular weight is 518 g/mol. The van der Waals surface area contributed by atoms with Crippen molar-refractivity contribution in [1.82, 2.24) is 14.8 Å². The van der Waals surface area contributed by atoms with Crippen LogP contribution in [0.3, 0.4) is 0 Å². The van der Waals surface area contributed by atoms with Gasteiger partial charge in [0.25, 0.3) is 0 Å². The third kappa shape index (κ3) is 4.68. The molecular formula is C24H21Cl2N3O2S2. The number of halogens is 2. The van der Waals surface area contributed by atoms with E-state index in [1.165, 1.54) is 16.0 Å². The number of aryl methyl sites for hydroxylation is 2. The Balaban J connectivity index is 1.93. The smallest absolute Gasteiger partial charge is 0.355 e. The Kier molecular flexibility index (Phi) is 6.86. The van der Waals surface area contributed by atoms with Crippen LogP contribution in [0.5, 0.6) is 0 Å².